The van der Waals surface area contributed by atoms with Crippen LogP contribution in [-0.4, -0.2) is 11.5 Å². The molecule has 0 N–H and O–H groups in total. The van der Waals surface area contributed by atoms with Crippen LogP contribution >= 0.6 is 0 Å². The fraction of sp³-hybridized carbons (Fsp3) is 0.290. The van der Waals surface area contributed by atoms with Gasteiger partial charge in [-0.2, -0.15) is 0 Å². The SMILES string of the molecule is CCC1=C(c2ccccc2)[C@@]2(c3ccccc3)ON=C(c3c(C)cc(C)cc3C)[C@@]2(CC)C1=O. The van der Waals surface area contributed by atoms with Crippen molar-refractivity contribution in [1.29, 1.82) is 0 Å². The third kappa shape index (κ3) is 2.76. The molecule has 34 heavy (non-hydrogen) atoms. The first-order valence-electron chi connectivity index (χ1n) is 12.2. The van der Waals surface area contributed by atoms with Crippen LogP contribution in [0.2, 0.25) is 0 Å². The minimum Gasteiger partial charge on any atom is -0.378 e. The van der Waals surface area contributed by atoms with Gasteiger partial charge in [0.05, 0.1) is 0 Å². The highest BCUT2D eigenvalue weighted by Gasteiger charge is 2.72. The van der Waals surface area contributed by atoms with Crippen LogP contribution < -0.4 is 0 Å². The molecular weight excluding hydrogens is 418 g/mol. The molecule has 3 aromatic rings. The van der Waals surface area contributed by atoms with Crippen molar-refractivity contribution >= 4 is 17.1 Å². The van der Waals surface area contributed by atoms with Crippen molar-refractivity contribution < 1.29 is 9.63 Å². The van der Waals surface area contributed by atoms with E-state index in [1.165, 1.54) is 5.56 Å². The summed E-state index contributed by atoms with van der Waals surface area (Å²) in [5, 5.41) is 4.79. The molecule has 0 unspecified atom stereocenters. The van der Waals surface area contributed by atoms with Crippen LogP contribution in [0.4, 0.5) is 0 Å². The minimum atomic E-state index is -1.01. The predicted molar refractivity (Wildman–Crippen MR) is 138 cm³/mol. The number of Topliss-reactive ketones (excluding diaryl/α,β-unsaturated/α-hetero) is 1. The zero-order chi connectivity index (χ0) is 24.1. The van der Waals surface area contributed by atoms with E-state index in [0.29, 0.717) is 12.8 Å². The van der Waals surface area contributed by atoms with Gasteiger partial charge in [-0.1, -0.05) is 97.4 Å². The molecule has 5 rings (SSSR count). The van der Waals surface area contributed by atoms with Crippen LogP contribution in [0.3, 0.4) is 0 Å². The second kappa shape index (κ2) is 8.09. The van der Waals surface area contributed by atoms with Gasteiger partial charge < -0.3 is 4.84 Å². The van der Waals surface area contributed by atoms with Crippen LogP contribution in [0.25, 0.3) is 5.57 Å². The number of rotatable bonds is 5. The molecule has 2 atom stereocenters. The monoisotopic (exact) mass is 449 g/mol. The molecule has 0 aromatic heterocycles. The maximum atomic E-state index is 14.6. The first-order valence-corrected chi connectivity index (χ1v) is 12.2. The Hall–Kier alpha value is -3.46. The van der Waals surface area contributed by atoms with Crippen molar-refractivity contribution in [1.82, 2.24) is 0 Å². The molecule has 0 spiro atoms. The average molecular weight is 450 g/mol. The number of fused-ring (bicyclic) bond motifs is 1. The lowest BCUT2D eigenvalue weighted by molar-refractivity contribution is -0.129. The molecule has 2 aliphatic rings. The molecule has 0 bridgehead atoms. The van der Waals surface area contributed by atoms with E-state index in [0.717, 1.165) is 44.7 Å². The van der Waals surface area contributed by atoms with Gasteiger partial charge >= 0.3 is 0 Å². The van der Waals surface area contributed by atoms with Crippen molar-refractivity contribution in [3.63, 3.8) is 0 Å². The summed E-state index contributed by atoms with van der Waals surface area (Å²) < 4.78 is 0. The van der Waals surface area contributed by atoms with E-state index in [-0.39, 0.29) is 5.78 Å². The number of hydrogen-bond acceptors (Lipinski definition) is 3. The Kier molecular flexibility index (Phi) is 5.31. The van der Waals surface area contributed by atoms with Gasteiger partial charge in [0.25, 0.3) is 0 Å². The summed E-state index contributed by atoms with van der Waals surface area (Å²) in [6, 6.07) is 24.7. The lowest BCUT2D eigenvalue weighted by atomic mass is 9.61. The third-order valence-electron chi connectivity index (χ3n) is 7.64. The van der Waals surface area contributed by atoms with Crippen molar-refractivity contribution in [3.05, 3.63) is 112 Å². The van der Waals surface area contributed by atoms with E-state index in [4.69, 9.17) is 9.99 Å². The molecule has 3 heteroatoms. The Bertz CT molecular complexity index is 1310. The quantitative estimate of drug-likeness (QED) is 0.417. The molecule has 3 aromatic carbocycles. The first kappa shape index (κ1) is 22.3. The van der Waals surface area contributed by atoms with Crippen LogP contribution in [0.15, 0.2) is 83.5 Å². The van der Waals surface area contributed by atoms with E-state index < -0.39 is 11.0 Å². The highest BCUT2D eigenvalue weighted by atomic mass is 16.7. The number of carbonyl (C=O) groups is 1. The van der Waals surface area contributed by atoms with Crippen LogP contribution in [0, 0.1) is 26.2 Å². The van der Waals surface area contributed by atoms with Gasteiger partial charge in [0, 0.05) is 22.3 Å². The molecule has 0 fully saturated rings. The molecule has 0 amide bonds. The normalized spacial score (nSPS) is 23.7. The second-order valence-electron chi connectivity index (χ2n) is 9.51. The highest BCUT2D eigenvalue weighted by Crippen LogP contribution is 2.65. The maximum absolute atomic E-state index is 14.6. The van der Waals surface area contributed by atoms with Gasteiger partial charge in [0.15, 0.2) is 5.78 Å². The molecule has 0 saturated heterocycles. The van der Waals surface area contributed by atoms with Gasteiger partial charge in [0.2, 0.25) is 5.60 Å². The number of ketones is 1. The van der Waals surface area contributed by atoms with Crippen LogP contribution in [0.1, 0.15) is 60.1 Å². The standard InChI is InChI=1S/C31H31NO2/c1-6-25-27(23-14-10-8-11-15-23)31(24-16-12-9-13-17-24)30(7-2,29(25)33)28(32-34-31)26-21(4)18-20(3)19-22(26)5/h8-19H,6-7H2,1-5H3/t30-,31+/m0/s1. The van der Waals surface area contributed by atoms with Crippen molar-refractivity contribution in [2.45, 2.75) is 53.1 Å². The molecule has 0 saturated carbocycles. The molecule has 0 radical (unpaired) electrons. The van der Waals surface area contributed by atoms with Gasteiger partial charge in [-0.15, -0.1) is 0 Å². The molecular formula is C31H31NO2. The zero-order valence-corrected chi connectivity index (χ0v) is 20.6. The summed E-state index contributed by atoms with van der Waals surface area (Å²) in [5.41, 5.74) is 7.07. The first-order chi connectivity index (χ1) is 16.4. The number of hydrogen-bond donors (Lipinski definition) is 0. The minimum absolute atomic E-state index is 0.135. The zero-order valence-electron chi connectivity index (χ0n) is 20.6. The predicted octanol–water partition coefficient (Wildman–Crippen LogP) is 7.08. The Balaban J connectivity index is 1.88. The van der Waals surface area contributed by atoms with E-state index in [2.05, 4.69) is 71.0 Å². The number of benzene rings is 3. The van der Waals surface area contributed by atoms with Gasteiger partial charge in [0.1, 0.15) is 11.1 Å². The summed E-state index contributed by atoms with van der Waals surface area (Å²) >= 11 is 0. The second-order valence-corrected chi connectivity index (χ2v) is 9.51. The van der Waals surface area contributed by atoms with E-state index in [1.807, 2.05) is 36.4 Å². The van der Waals surface area contributed by atoms with Gasteiger partial charge in [-0.05, 0) is 50.3 Å². The molecule has 3 nitrogen and oxygen atoms in total. The molecule has 1 heterocycles. The van der Waals surface area contributed by atoms with Crippen LogP contribution in [-0.2, 0) is 15.2 Å². The Morgan fingerprint density at radius 3 is 2.00 bits per heavy atom. The summed E-state index contributed by atoms with van der Waals surface area (Å²) in [7, 11) is 0. The average Bonchev–Trinajstić information content (AvgIpc) is 3.29. The number of allylic oxidation sites excluding steroid dienone is 1. The summed E-state index contributed by atoms with van der Waals surface area (Å²) in [6.07, 6.45) is 1.23. The highest BCUT2D eigenvalue weighted by molar-refractivity contribution is 6.30. The van der Waals surface area contributed by atoms with Gasteiger partial charge in [-0.25, -0.2) is 0 Å². The molecule has 1 aliphatic heterocycles. The number of oxime groups is 1. The largest absolute Gasteiger partial charge is 0.378 e. The van der Waals surface area contributed by atoms with Crippen molar-refractivity contribution in [3.8, 4) is 0 Å². The lowest BCUT2D eigenvalue weighted by Crippen LogP contribution is -2.50. The maximum Gasteiger partial charge on any atom is 0.207 e. The van der Waals surface area contributed by atoms with Crippen LogP contribution in [0.5, 0.6) is 0 Å². The summed E-state index contributed by atoms with van der Waals surface area (Å²) in [5.74, 6) is 0.135. The fourth-order valence-corrected chi connectivity index (χ4v) is 6.37. The smallest absolute Gasteiger partial charge is 0.207 e. The lowest BCUT2D eigenvalue weighted by Gasteiger charge is -2.39. The third-order valence-corrected chi connectivity index (χ3v) is 7.64. The Morgan fingerprint density at radius 1 is 0.853 bits per heavy atom. The fourth-order valence-electron chi connectivity index (χ4n) is 6.37. The van der Waals surface area contributed by atoms with Crippen molar-refractivity contribution in [2.24, 2.45) is 10.6 Å². The van der Waals surface area contributed by atoms with E-state index in [9.17, 15) is 4.79 Å². The topological polar surface area (TPSA) is 38.7 Å². The number of carbonyl (C=O) groups excluding carboxylic acids is 1. The van der Waals surface area contributed by atoms with E-state index in [1.54, 1.807) is 0 Å². The number of nitrogens with zero attached hydrogens (tertiary/aromatic N) is 1. The molecule has 172 valence electrons. The van der Waals surface area contributed by atoms with Crippen molar-refractivity contribution in [2.75, 3.05) is 0 Å². The Labute approximate surface area is 202 Å². The number of aryl methyl sites for hydroxylation is 3. The molecule has 1 aliphatic carbocycles. The Morgan fingerprint density at radius 2 is 1.44 bits per heavy atom. The summed E-state index contributed by atoms with van der Waals surface area (Å²) in [6.45, 7) is 10.5. The van der Waals surface area contributed by atoms with Gasteiger partial charge in [-0.3, -0.25) is 4.79 Å². The summed E-state index contributed by atoms with van der Waals surface area (Å²) in [4.78, 5) is 21.2. The van der Waals surface area contributed by atoms with E-state index >= 15 is 0 Å².